The molecule has 3 aromatic heterocycles. The molecule has 3 heterocycles. The summed E-state index contributed by atoms with van der Waals surface area (Å²) in [4.78, 5) is 17.6. The van der Waals surface area contributed by atoms with E-state index in [2.05, 4.69) is 24.9 Å². The van der Waals surface area contributed by atoms with Gasteiger partial charge in [0.2, 0.25) is 0 Å². The third kappa shape index (κ3) is 3.60. The first-order chi connectivity index (χ1) is 11.6. The van der Waals surface area contributed by atoms with Gasteiger partial charge in [-0.15, -0.1) is 22.7 Å². The molecule has 4 nitrogen and oxygen atoms in total. The molecule has 0 aromatic carbocycles. The van der Waals surface area contributed by atoms with E-state index in [-0.39, 0.29) is 0 Å². The molecule has 0 amide bonds. The van der Waals surface area contributed by atoms with Gasteiger partial charge in [0.25, 0.3) is 0 Å². The average Bonchev–Trinajstić information content (AvgIpc) is 3.25. The molecule has 0 saturated carbocycles. The van der Waals surface area contributed by atoms with Crippen molar-refractivity contribution in [3.05, 3.63) is 51.4 Å². The minimum Gasteiger partial charge on any atom is -0.477 e. The number of carboxylic acid groups (broad SMARTS) is 1. The molecule has 0 fully saturated rings. The van der Waals surface area contributed by atoms with Crippen molar-refractivity contribution in [1.82, 2.24) is 9.55 Å². The number of thiazole rings is 1. The summed E-state index contributed by atoms with van der Waals surface area (Å²) in [6.07, 6.45) is 5.42. The third-order valence-corrected chi connectivity index (χ3v) is 5.54. The molecule has 0 bridgehead atoms. The number of rotatable bonds is 7. The van der Waals surface area contributed by atoms with Crippen molar-refractivity contribution in [2.24, 2.45) is 5.92 Å². The number of thiophene rings is 1. The number of aromatic carboxylic acids is 1. The zero-order valence-corrected chi connectivity index (χ0v) is 15.4. The summed E-state index contributed by atoms with van der Waals surface area (Å²) in [6, 6.07) is 4.12. The lowest BCUT2D eigenvalue weighted by molar-refractivity contribution is 0.0686. The zero-order chi connectivity index (χ0) is 17.1. The fraction of sp³-hybridized carbons (Fsp3) is 0.333. The lowest BCUT2D eigenvalue weighted by Gasteiger charge is -2.07. The van der Waals surface area contributed by atoms with Gasteiger partial charge in [0.15, 0.2) is 0 Å². The van der Waals surface area contributed by atoms with Crippen LogP contribution in [0.25, 0.3) is 10.6 Å². The molecule has 0 aliphatic rings. The van der Waals surface area contributed by atoms with Gasteiger partial charge >= 0.3 is 5.97 Å². The molecule has 126 valence electrons. The molecule has 1 N–H and O–H groups in total. The minimum atomic E-state index is -0.888. The Balaban J connectivity index is 2.02. The van der Waals surface area contributed by atoms with Gasteiger partial charge in [0.1, 0.15) is 10.7 Å². The first-order valence-electron chi connectivity index (χ1n) is 7.93. The van der Waals surface area contributed by atoms with Crippen LogP contribution in [0.2, 0.25) is 0 Å². The van der Waals surface area contributed by atoms with Gasteiger partial charge in [-0.1, -0.05) is 19.9 Å². The molecule has 0 spiro atoms. The van der Waals surface area contributed by atoms with Gasteiger partial charge in [0, 0.05) is 34.8 Å². The van der Waals surface area contributed by atoms with Crippen LogP contribution in [0, 0.1) is 5.92 Å². The number of hydrogen-bond acceptors (Lipinski definition) is 4. The Hall–Kier alpha value is -1.92. The standard InChI is InChI=1S/C18H20N2O2S2/c1-12(2)10-13-11-20(7-5-14-4-3-8-23-14)16(18(21)22)15(13)17-19-6-9-24-17/h3-4,6,8-9,11-12H,5,7,10H2,1-2H3,(H,21,22). The molecule has 0 aliphatic carbocycles. The third-order valence-electron chi connectivity index (χ3n) is 3.81. The Labute approximate surface area is 149 Å². The summed E-state index contributed by atoms with van der Waals surface area (Å²) in [6.45, 7) is 4.96. The van der Waals surface area contributed by atoms with E-state index in [0.29, 0.717) is 18.2 Å². The molecule has 0 saturated heterocycles. The molecule has 0 unspecified atom stereocenters. The summed E-state index contributed by atoms with van der Waals surface area (Å²) >= 11 is 3.20. The Morgan fingerprint density at radius 3 is 2.75 bits per heavy atom. The van der Waals surface area contributed by atoms with Gasteiger partial charge in [0.05, 0.1) is 0 Å². The lowest BCUT2D eigenvalue weighted by Crippen LogP contribution is -2.10. The van der Waals surface area contributed by atoms with Crippen LogP contribution in [0.3, 0.4) is 0 Å². The number of aryl methyl sites for hydroxylation is 2. The highest BCUT2D eigenvalue weighted by Crippen LogP contribution is 2.33. The Morgan fingerprint density at radius 2 is 2.17 bits per heavy atom. The van der Waals surface area contributed by atoms with Gasteiger partial charge in [-0.25, -0.2) is 9.78 Å². The van der Waals surface area contributed by atoms with Crippen molar-refractivity contribution < 1.29 is 9.90 Å². The van der Waals surface area contributed by atoms with E-state index in [1.54, 1.807) is 17.5 Å². The van der Waals surface area contributed by atoms with E-state index in [4.69, 9.17) is 0 Å². The number of hydrogen-bond donors (Lipinski definition) is 1. The maximum Gasteiger partial charge on any atom is 0.353 e. The molecule has 24 heavy (non-hydrogen) atoms. The summed E-state index contributed by atoms with van der Waals surface area (Å²) in [5.41, 5.74) is 2.22. The first-order valence-corrected chi connectivity index (χ1v) is 9.69. The number of nitrogens with zero attached hydrogens (tertiary/aromatic N) is 2. The van der Waals surface area contributed by atoms with E-state index < -0.39 is 5.97 Å². The normalized spacial score (nSPS) is 11.3. The molecule has 3 rings (SSSR count). The largest absolute Gasteiger partial charge is 0.477 e. The van der Waals surface area contributed by atoms with Gasteiger partial charge < -0.3 is 9.67 Å². The second-order valence-corrected chi connectivity index (χ2v) is 8.07. The molecule has 3 aromatic rings. The summed E-state index contributed by atoms with van der Waals surface area (Å²) in [5.74, 6) is -0.431. The summed E-state index contributed by atoms with van der Waals surface area (Å²) in [7, 11) is 0. The Morgan fingerprint density at radius 1 is 1.33 bits per heavy atom. The van der Waals surface area contributed by atoms with Crippen LogP contribution in [0.15, 0.2) is 35.3 Å². The maximum absolute atomic E-state index is 12.0. The van der Waals surface area contributed by atoms with Crippen LogP contribution in [-0.2, 0) is 19.4 Å². The van der Waals surface area contributed by atoms with Crippen molar-refractivity contribution in [2.75, 3.05) is 0 Å². The summed E-state index contributed by atoms with van der Waals surface area (Å²) < 4.78 is 1.89. The molecule has 6 heteroatoms. The monoisotopic (exact) mass is 360 g/mol. The van der Waals surface area contributed by atoms with Crippen LogP contribution in [0.5, 0.6) is 0 Å². The van der Waals surface area contributed by atoms with Crippen LogP contribution in [0.1, 0.15) is 34.8 Å². The number of carbonyl (C=O) groups is 1. The van der Waals surface area contributed by atoms with Crippen molar-refractivity contribution in [2.45, 2.75) is 33.2 Å². The van der Waals surface area contributed by atoms with Crippen LogP contribution in [-0.4, -0.2) is 20.6 Å². The first kappa shape index (κ1) is 16.9. The van der Waals surface area contributed by atoms with E-state index in [1.807, 2.05) is 27.6 Å². The second-order valence-electron chi connectivity index (χ2n) is 6.14. The predicted molar refractivity (Wildman–Crippen MR) is 99.1 cm³/mol. The molecule has 0 atom stereocenters. The second kappa shape index (κ2) is 7.32. The summed E-state index contributed by atoms with van der Waals surface area (Å²) in [5, 5.41) is 14.5. The molecular formula is C18H20N2O2S2. The minimum absolute atomic E-state index is 0.358. The van der Waals surface area contributed by atoms with Gasteiger partial charge in [-0.2, -0.15) is 0 Å². The van der Waals surface area contributed by atoms with Crippen molar-refractivity contribution in [3.63, 3.8) is 0 Å². The Bertz CT molecular complexity index is 803. The van der Waals surface area contributed by atoms with E-state index in [1.165, 1.54) is 16.2 Å². The fourth-order valence-corrected chi connectivity index (χ4v) is 4.30. The highest BCUT2D eigenvalue weighted by molar-refractivity contribution is 7.13. The van der Waals surface area contributed by atoms with Crippen LogP contribution < -0.4 is 0 Å². The van der Waals surface area contributed by atoms with Crippen molar-refractivity contribution >= 4 is 28.6 Å². The highest BCUT2D eigenvalue weighted by atomic mass is 32.1. The molecule has 0 radical (unpaired) electrons. The smallest absolute Gasteiger partial charge is 0.353 e. The van der Waals surface area contributed by atoms with Crippen molar-refractivity contribution in [3.8, 4) is 10.6 Å². The van der Waals surface area contributed by atoms with Crippen LogP contribution >= 0.6 is 22.7 Å². The SMILES string of the molecule is CC(C)Cc1cn(CCc2cccs2)c(C(=O)O)c1-c1nccs1. The van der Waals surface area contributed by atoms with Gasteiger partial charge in [-0.3, -0.25) is 0 Å². The quantitative estimate of drug-likeness (QED) is 0.658. The van der Waals surface area contributed by atoms with E-state index in [9.17, 15) is 9.90 Å². The zero-order valence-electron chi connectivity index (χ0n) is 13.7. The van der Waals surface area contributed by atoms with E-state index in [0.717, 1.165) is 29.0 Å². The maximum atomic E-state index is 12.0. The highest BCUT2D eigenvalue weighted by Gasteiger charge is 2.24. The van der Waals surface area contributed by atoms with Crippen LogP contribution in [0.4, 0.5) is 0 Å². The molecule has 0 aliphatic heterocycles. The van der Waals surface area contributed by atoms with E-state index >= 15 is 0 Å². The van der Waals surface area contributed by atoms with Gasteiger partial charge in [-0.05, 0) is 35.8 Å². The average molecular weight is 361 g/mol. The lowest BCUT2D eigenvalue weighted by atomic mass is 10.0. The topological polar surface area (TPSA) is 55.1 Å². The number of aromatic nitrogens is 2. The fourth-order valence-electron chi connectivity index (χ4n) is 2.88. The number of carboxylic acids is 1. The predicted octanol–water partition coefficient (Wildman–Crippen LogP) is 4.81. The van der Waals surface area contributed by atoms with Crippen molar-refractivity contribution in [1.29, 1.82) is 0 Å². The Kier molecular flexibility index (Phi) is 5.16. The molecular weight excluding hydrogens is 340 g/mol.